The molecule has 1 heterocycles. The molecule has 16 heavy (non-hydrogen) atoms. The summed E-state index contributed by atoms with van der Waals surface area (Å²) in [6, 6.07) is 4.00. The molecule has 0 atom stereocenters. The van der Waals surface area contributed by atoms with Crippen molar-refractivity contribution in [3.63, 3.8) is 0 Å². The number of nitrogens with two attached hydrogens (primary N) is 1. The highest BCUT2D eigenvalue weighted by molar-refractivity contribution is 5.50. The zero-order valence-electron chi connectivity index (χ0n) is 10.1. The number of aromatic nitrogens is 1. The van der Waals surface area contributed by atoms with Crippen LogP contribution in [-0.2, 0) is 11.3 Å². The Kier molecular flexibility index (Phi) is 5.82. The fraction of sp³-hybridized carbons (Fsp3) is 0.583. The molecule has 0 amide bonds. The molecule has 1 rings (SSSR count). The third-order valence-electron chi connectivity index (χ3n) is 2.49. The summed E-state index contributed by atoms with van der Waals surface area (Å²) in [6.07, 6.45) is 1.78. The van der Waals surface area contributed by atoms with E-state index < -0.39 is 0 Å². The first-order chi connectivity index (χ1) is 7.83. The minimum Gasteiger partial charge on any atom is -0.380 e. The molecule has 0 radical (unpaired) electrons. The Morgan fingerprint density at radius 1 is 1.44 bits per heavy atom. The van der Waals surface area contributed by atoms with Crippen molar-refractivity contribution in [3.8, 4) is 0 Å². The van der Waals surface area contributed by atoms with Crippen LogP contribution in [0.4, 0.5) is 5.69 Å². The van der Waals surface area contributed by atoms with Gasteiger partial charge in [0.05, 0.1) is 18.0 Å². The van der Waals surface area contributed by atoms with Crippen LogP contribution in [-0.4, -0.2) is 31.3 Å². The monoisotopic (exact) mass is 223 g/mol. The van der Waals surface area contributed by atoms with Gasteiger partial charge in [-0.15, -0.1) is 0 Å². The molecule has 2 N–H and O–H groups in total. The molecule has 4 heteroatoms. The second-order valence-corrected chi connectivity index (χ2v) is 3.45. The zero-order chi connectivity index (χ0) is 11.8. The van der Waals surface area contributed by atoms with E-state index in [4.69, 9.17) is 10.5 Å². The maximum Gasteiger partial charge on any atom is 0.0772 e. The van der Waals surface area contributed by atoms with E-state index in [9.17, 15) is 0 Å². The number of nitrogens with zero attached hydrogens (tertiary/aromatic N) is 2. The van der Waals surface area contributed by atoms with E-state index in [0.29, 0.717) is 6.54 Å². The van der Waals surface area contributed by atoms with Gasteiger partial charge in [-0.3, -0.25) is 4.98 Å². The number of rotatable bonds is 7. The molecule has 0 saturated carbocycles. The molecule has 0 aliphatic heterocycles. The smallest absolute Gasteiger partial charge is 0.0772 e. The summed E-state index contributed by atoms with van der Waals surface area (Å²) in [4.78, 5) is 6.53. The van der Waals surface area contributed by atoms with E-state index in [1.807, 2.05) is 13.0 Å². The van der Waals surface area contributed by atoms with Crippen LogP contribution in [0.2, 0.25) is 0 Å². The Hall–Kier alpha value is -1.13. The van der Waals surface area contributed by atoms with Gasteiger partial charge in [-0.05, 0) is 26.0 Å². The molecule has 0 fully saturated rings. The number of hydrogen-bond acceptors (Lipinski definition) is 4. The Bertz CT molecular complexity index is 304. The average molecular weight is 223 g/mol. The third kappa shape index (κ3) is 3.47. The first-order valence-corrected chi connectivity index (χ1v) is 5.80. The van der Waals surface area contributed by atoms with Crippen molar-refractivity contribution in [1.82, 2.24) is 4.98 Å². The topological polar surface area (TPSA) is 51.4 Å². The molecule has 0 spiro atoms. The largest absolute Gasteiger partial charge is 0.380 e. The van der Waals surface area contributed by atoms with E-state index >= 15 is 0 Å². The van der Waals surface area contributed by atoms with Gasteiger partial charge in [-0.2, -0.15) is 0 Å². The van der Waals surface area contributed by atoms with Gasteiger partial charge in [0.2, 0.25) is 0 Å². The molecule has 0 aromatic carbocycles. The van der Waals surface area contributed by atoms with Crippen LogP contribution in [0.3, 0.4) is 0 Å². The summed E-state index contributed by atoms with van der Waals surface area (Å²) < 4.78 is 5.37. The zero-order valence-corrected chi connectivity index (χ0v) is 10.1. The van der Waals surface area contributed by atoms with Crippen molar-refractivity contribution in [2.24, 2.45) is 5.73 Å². The Balaban J connectivity index is 2.69. The van der Waals surface area contributed by atoms with E-state index in [1.54, 1.807) is 6.20 Å². The highest BCUT2D eigenvalue weighted by Crippen LogP contribution is 2.17. The van der Waals surface area contributed by atoms with Gasteiger partial charge >= 0.3 is 0 Å². The molecular weight excluding hydrogens is 202 g/mol. The Labute approximate surface area is 97.4 Å². The molecule has 0 bridgehead atoms. The van der Waals surface area contributed by atoms with Crippen molar-refractivity contribution in [3.05, 3.63) is 24.0 Å². The highest BCUT2D eigenvalue weighted by atomic mass is 16.5. The van der Waals surface area contributed by atoms with Gasteiger partial charge < -0.3 is 15.4 Å². The quantitative estimate of drug-likeness (QED) is 0.710. The standard InChI is InChI=1S/C12H21N3O/c1-3-15(8-9-16-4-2)12-6-5-7-14-11(12)10-13/h5-7H,3-4,8-10,13H2,1-2H3. The molecule has 0 aliphatic carbocycles. The number of ether oxygens (including phenoxy) is 1. The molecular formula is C12H21N3O. The molecule has 4 nitrogen and oxygen atoms in total. The maximum absolute atomic E-state index is 5.68. The molecule has 0 unspecified atom stereocenters. The number of likely N-dealkylation sites (N-methyl/N-ethyl adjacent to an activating group) is 1. The van der Waals surface area contributed by atoms with Crippen molar-refractivity contribution in [2.45, 2.75) is 20.4 Å². The van der Waals surface area contributed by atoms with Crippen molar-refractivity contribution < 1.29 is 4.74 Å². The predicted octanol–water partition coefficient (Wildman–Crippen LogP) is 1.40. The van der Waals surface area contributed by atoms with Crippen molar-refractivity contribution in [1.29, 1.82) is 0 Å². The van der Waals surface area contributed by atoms with E-state index in [1.165, 1.54) is 0 Å². The minimum atomic E-state index is 0.474. The van der Waals surface area contributed by atoms with Crippen LogP contribution in [0.1, 0.15) is 19.5 Å². The lowest BCUT2D eigenvalue weighted by Crippen LogP contribution is -2.28. The Morgan fingerprint density at radius 3 is 2.88 bits per heavy atom. The van der Waals surface area contributed by atoms with Crippen LogP contribution in [0.5, 0.6) is 0 Å². The summed E-state index contributed by atoms with van der Waals surface area (Å²) in [5, 5.41) is 0. The number of pyridine rings is 1. The summed E-state index contributed by atoms with van der Waals surface area (Å²) in [5.74, 6) is 0. The van der Waals surface area contributed by atoms with E-state index in [0.717, 1.165) is 37.7 Å². The summed E-state index contributed by atoms with van der Waals surface area (Å²) in [5.41, 5.74) is 7.74. The van der Waals surface area contributed by atoms with Crippen LogP contribution < -0.4 is 10.6 Å². The summed E-state index contributed by atoms with van der Waals surface area (Å²) >= 11 is 0. The lowest BCUT2D eigenvalue weighted by atomic mass is 10.2. The van der Waals surface area contributed by atoms with E-state index in [2.05, 4.69) is 22.9 Å². The minimum absolute atomic E-state index is 0.474. The van der Waals surface area contributed by atoms with Crippen LogP contribution in [0.25, 0.3) is 0 Å². The van der Waals surface area contributed by atoms with Gasteiger partial charge in [-0.25, -0.2) is 0 Å². The second-order valence-electron chi connectivity index (χ2n) is 3.45. The van der Waals surface area contributed by atoms with Crippen molar-refractivity contribution >= 4 is 5.69 Å². The summed E-state index contributed by atoms with van der Waals surface area (Å²) in [6.45, 7) is 7.92. The van der Waals surface area contributed by atoms with Crippen molar-refractivity contribution in [2.75, 3.05) is 31.2 Å². The SMILES string of the molecule is CCOCCN(CC)c1cccnc1CN. The van der Waals surface area contributed by atoms with Crippen LogP contribution in [0, 0.1) is 0 Å². The normalized spacial score (nSPS) is 10.4. The predicted molar refractivity (Wildman–Crippen MR) is 66.5 cm³/mol. The first-order valence-electron chi connectivity index (χ1n) is 5.80. The van der Waals surface area contributed by atoms with E-state index in [-0.39, 0.29) is 0 Å². The summed E-state index contributed by atoms with van der Waals surface area (Å²) in [7, 11) is 0. The molecule has 0 saturated heterocycles. The number of anilines is 1. The lowest BCUT2D eigenvalue weighted by Gasteiger charge is -2.24. The van der Waals surface area contributed by atoms with Crippen LogP contribution >= 0.6 is 0 Å². The first kappa shape index (κ1) is 12.9. The van der Waals surface area contributed by atoms with Gasteiger partial charge in [0.1, 0.15) is 0 Å². The van der Waals surface area contributed by atoms with Gasteiger partial charge in [0, 0.05) is 32.4 Å². The second kappa shape index (κ2) is 7.19. The fourth-order valence-electron chi connectivity index (χ4n) is 1.64. The molecule has 90 valence electrons. The molecule has 1 aromatic rings. The fourth-order valence-corrected chi connectivity index (χ4v) is 1.64. The van der Waals surface area contributed by atoms with Gasteiger partial charge in [-0.1, -0.05) is 0 Å². The third-order valence-corrected chi connectivity index (χ3v) is 2.49. The average Bonchev–Trinajstić information content (AvgIpc) is 2.35. The number of hydrogen-bond donors (Lipinski definition) is 1. The lowest BCUT2D eigenvalue weighted by molar-refractivity contribution is 0.154. The maximum atomic E-state index is 5.68. The highest BCUT2D eigenvalue weighted by Gasteiger charge is 2.08. The Morgan fingerprint density at radius 2 is 2.25 bits per heavy atom. The van der Waals surface area contributed by atoms with Crippen LogP contribution in [0.15, 0.2) is 18.3 Å². The van der Waals surface area contributed by atoms with Gasteiger partial charge in [0.25, 0.3) is 0 Å². The molecule has 0 aliphatic rings. The molecule has 1 aromatic heterocycles. The van der Waals surface area contributed by atoms with Gasteiger partial charge in [0.15, 0.2) is 0 Å².